The molecule has 0 fully saturated rings. The van der Waals surface area contributed by atoms with Crippen molar-refractivity contribution in [2.45, 2.75) is 17.4 Å². The minimum atomic E-state index is -0.406. The first-order valence-electron chi connectivity index (χ1n) is 8.18. The number of carbonyl (C=O) groups excluding carboxylic acids is 1. The second-order valence-corrected chi connectivity index (χ2v) is 6.87. The standard InChI is InChI=1S/C19H19N3O4S/c1-12(17(23)20-14-6-10-16(25-3)11-7-14)27-19-22-21-18(26-19)13-4-8-15(24-2)9-5-13/h4-12H,1-3H3,(H,20,23)/t12-/m0/s1. The number of thioether (sulfide) groups is 1. The lowest BCUT2D eigenvalue weighted by atomic mass is 10.2. The average molecular weight is 385 g/mol. The Kier molecular flexibility index (Phi) is 5.97. The van der Waals surface area contributed by atoms with Gasteiger partial charge in [-0.3, -0.25) is 4.79 Å². The second kappa shape index (κ2) is 8.59. The van der Waals surface area contributed by atoms with E-state index < -0.39 is 5.25 Å². The molecular formula is C19H19N3O4S. The van der Waals surface area contributed by atoms with Gasteiger partial charge in [0.25, 0.3) is 5.22 Å². The van der Waals surface area contributed by atoms with Gasteiger partial charge >= 0.3 is 0 Å². The van der Waals surface area contributed by atoms with Crippen molar-refractivity contribution in [3.63, 3.8) is 0 Å². The largest absolute Gasteiger partial charge is 0.497 e. The summed E-state index contributed by atoms with van der Waals surface area (Å²) in [6.07, 6.45) is 0. The fourth-order valence-electron chi connectivity index (χ4n) is 2.23. The Hall–Kier alpha value is -3.00. The van der Waals surface area contributed by atoms with Crippen molar-refractivity contribution in [3.05, 3.63) is 48.5 Å². The van der Waals surface area contributed by atoms with E-state index in [2.05, 4.69) is 15.5 Å². The van der Waals surface area contributed by atoms with Crippen LogP contribution in [-0.2, 0) is 4.79 Å². The number of nitrogens with one attached hydrogen (secondary N) is 1. The van der Waals surface area contributed by atoms with Crippen LogP contribution in [0.1, 0.15) is 6.92 Å². The van der Waals surface area contributed by atoms with E-state index in [0.717, 1.165) is 17.1 Å². The lowest BCUT2D eigenvalue weighted by molar-refractivity contribution is -0.115. The molecule has 3 rings (SSSR count). The maximum atomic E-state index is 12.4. The maximum Gasteiger partial charge on any atom is 0.277 e. The summed E-state index contributed by atoms with van der Waals surface area (Å²) >= 11 is 1.20. The monoisotopic (exact) mass is 385 g/mol. The molecule has 140 valence electrons. The van der Waals surface area contributed by atoms with Crippen LogP contribution in [0, 0.1) is 0 Å². The molecule has 1 aromatic heterocycles. The molecule has 0 spiro atoms. The van der Waals surface area contributed by atoms with Gasteiger partial charge in [-0.05, 0) is 55.5 Å². The highest BCUT2D eigenvalue weighted by molar-refractivity contribution is 8.00. The molecule has 1 heterocycles. The molecular weight excluding hydrogens is 366 g/mol. The first kappa shape index (κ1) is 18.8. The van der Waals surface area contributed by atoms with Gasteiger partial charge in [-0.15, -0.1) is 10.2 Å². The van der Waals surface area contributed by atoms with E-state index in [0.29, 0.717) is 16.8 Å². The molecule has 1 amide bonds. The number of nitrogens with zero attached hydrogens (tertiary/aromatic N) is 2. The Morgan fingerprint density at radius 2 is 1.59 bits per heavy atom. The van der Waals surface area contributed by atoms with Crippen LogP contribution in [0.15, 0.2) is 58.2 Å². The molecule has 0 aliphatic heterocycles. The SMILES string of the molecule is COc1ccc(NC(=O)[C@H](C)Sc2nnc(-c3ccc(OC)cc3)o2)cc1. The first-order chi connectivity index (χ1) is 13.1. The van der Waals surface area contributed by atoms with E-state index in [4.69, 9.17) is 13.9 Å². The maximum absolute atomic E-state index is 12.4. The van der Waals surface area contributed by atoms with Gasteiger partial charge in [0, 0.05) is 11.3 Å². The Labute approximate surface area is 161 Å². The minimum absolute atomic E-state index is 0.158. The van der Waals surface area contributed by atoms with Crippen LogP contribution in [0.5, 0.6) is 11.5 Å². The second-order valence-electron chi connectivity index (χ2n) is 5.58. The van der Waals surface area contributed by atoms with Crippen molar-refractivity contribution < 1.29 is 18.7 Å². The van der Waals surface area contributed by atoms with E-state index in [1.165, 1.54) is 11.8 Å². The summed E-state index contributed by atoms with van der Waals surface area (Å²) < 4.78 is 15.9. The van der Waals surface area contributed by atoms with E-state index in [1.54, 1.807) is 45.4 Å². The Balaban J connectivity index is 1.60. The number of benzene rings is 2. The summed E-state index contributed by atoms with van der Waals surface area (Å²) in [5.41, 5.74) is 1.48. The molecule has 27 heavy (non-hydrogen) atoms. The van der Waals surface area contributed by atoms with Crippen LogP contribution in [0.3, 0.4) is 0 Å². The zero-order valence-electron chi connectivity index (χ0n) is 15.1. The molecule has 0 saturated heterocycles. The van der Waals surface area contributed by atoms with Crippen LogP contribution < -0.4 is 14.8 Å². The van der Waals surface area contributed by atoms with Crippen molar-refractivity contribution in [1.29, 1.82) is 0 Å². The molecule has 1 N–H and O–H groups in total. The lowest BCUT2D eigenvalue weighted by Crippen LogP contribution is -2.22. The molecule has 8 heteroatoms. The summed E-state index contributed by atoms with van der Waals surface area (Å²) in [5.74, 6) is 1.71. The minimum Gasteiger partial charge on any atom is -0.497 e. The van der Waals surface area contributed by atoms with Gasteiger partial charge < -0.3 is 19.2 Å². The normalized spacial score (nSPS) is 11.7. The summed E-state index contributed by atoms with van der Waals surface area (Å²) in [6.45, 7) is 1.78. The van der Waals surface area contributed by atoms with Gasteiger partial charge in [0.15, 0.2) is 0 Å². The van der Waals surface area contributed by atoms with Crippen molar-refractivity contribution >= 4 is 23.4 Å². The van der Waals surface area contributed by atoms with Gasteiger partial charge in [-0.25, -0.2) is 0 Å². The van der Waals surface area contributed by atoms with Gasteiger partial charge in [0.2, 0.25) is 11.8 Å². The number of ether oxygens (including phenoxy) is 2. The predicted molar refractivity (Wildman–Crippen MR) is 103 cm³/mol. The fourth-order valence-corrected chi connectivity index (χ4v) is 2.91. The van der Waals surface area contributed by atoms with Gasteiger partial charge in [-0.1, -0.05) is 11.8 Å². The van der Waals surface area contributed by atoms with Crippen molar-refractivity contribution in [1.82, 2.24) is 10.2 Å². The van der Waals surface area contributed by atoms with Crippen LogP contribution in [0.4, 0.5) is 5.69 Å². The number of carbonyl (C=O) groups is 1. The predicted octanol–water partition coefficient (Wildman–Crippen LogP) is 3.87. The number of amides is 1. The van der Waals surface area contributed by atoms with Crippen LogP contribution in [0.25, 0.3) is 11.5 Å². The lowest BCUT2D eigenvalue weighted by Gasteiger charge is -2.10. The van der Waals surface area contributed by atoms with Crippen molar-refractivity contribution in [3.8, 4) is 23.0 Å². The average Bonchev–Trinajstić information content (AvgIpc) is 3.17. The van der Waals surface area contributed by atoms with E-state index in [9.17, 15) is 4.79 Å². The number of hydrogen-bond donors (Lipinski definition) is 1. The summed E-state index contributed by atoms with van der Waals surface area (Å²) in [5, 5.41) is 10.8. The van der Waals surface area contributed by atoms with Crippen molar-refractivity contribution in [2.75, 3.05) is 19.5 Å². The topological polar surface area (TPSA) is 86.5 Å². The zero-order valence-corrected chi connectivity index (χ0v) is 15.9. The van der Waals surface area contributed by atoms with E-state index in [1.807, 2.05) is 24.3 Å². The van der Waals surface area contributed by atoms with E-state index in [-0.39, 0.29) is 5.91 Å². The molecule has 0 unspecified atom stereocenters. The third-order valence-electron chi connectivity index (χ3n) is 3.75. The third-order valence-corrected chi connectivity index (χ3v) is 4.68. The van der Waals surface area contributed by atoms with Crippen molar-refractivity contribution in [2.24, 2.45) is 0 Å². The molecule has 7 nitrogen and oxygen atoms in total. The highest BCUT2D eigenvalue weighted by Gasteiger charge is 2.19. The number of aromatic nitrogens is 2. The summed E-state index contributed by atoms with van der Waals surface area (Å²) in [4.78, 5) is 12.4. The molecule has 0 saturated carbocycles. The van der Waals surface area contributed by atoms with E-state index >= 15 is 0 Å². The quantitative estimate of drug-likeness (QED) is 0.618. The highest BCUT2D eigenvalue weighted by atomic mass is 32.2. The smallest absolute Gasteiger partial charge is 0.277 e. The Morgan fingerprint density at radius 3 is 2.19 bits per heavy atom. The van der Waals surface area contributed by atoms with Gasteiger partial charge in [0.1, 0.15) is 11.5 Å². The number of methoxy groups -OCH3 is 2. The number of anilines is 1. The highest BCUT2D eigenvalue weighted by Crippen LogP contribution is 2.27. The first-order valence-corrected chi connectivity index (χ1v) is 9.06. The zero-order chi connectivity index (χ0) is 19.2. The molecule has 3 aromatic rings. The summed E-state index contributed by atoms with van der Waals surface area (Å²) in [7, 11) is 3.20. The molecule has 0 bridgehead atoms. The third kappa shape index (κ3) is 4.79. The van der Waals surface area contributed by atoms with Crippen LogP contribution in [-0.4, -0.2) is 35.6 Å². The molecule has 1 atom stereocenters. The molecule has 0 aliphatic rings. The number of rotatable bonds is 7. The molecule has 2 aromatic carbocycles. The van der Waals surface area contributed by atoms with Gasteiger partial charge in [0.05, 0.1) is 19.5 Å². The molecule has 0 aliphatic carbocycles. The Morgan fingerprint density at radius 1 is 1.00 bits per heavy atom. The van der Waals surface area contributed by atoms with Crippen LogP contribution >= 0.6 is 11.8 Å². The fraction of sp³-hybridized carbons (Fsp3) is 0.211. The Bertz CT molecular complexity index is 894. The molecule has 0 radical (unpaired) electrons. The van der Waals surface area contributed by atoms with Crippen LogP contribution in [0.2, 0.25) is 0 Å². The van der Waals surface area contributed by atoms with Gasteiger partial charge in [-0.2, -0.15) is 0 Å². The number of hydrogen-bond acceptors (Lipinski definition) is 7. The summed E-state index contributed by atoms with van der Waals surface area (Å²) in [6, 6.07) is 14.4.